The third-order valence-corrected chi connectivity index (χ3v) is 2.28. The summed E-state index contributed by atoms with van der Waals surface area (Å²) in [5, 5.41) is 17.4. The summed E-state index contributed by atoms with van der Waals surface area (Å²) in [4.78, 5) is 3.88. The van der Waals surface area contributed by atoms with Crippen molar-refractivity contribution in [2.75, 3.05) is 5.73 Å². The van der Waals surface area contributed by atoms with Crippen LogP contribution in [0.15, 0.2) is 42.7 Å². The van der Waals surface area contributed by atoms with Crippen LogP contribution in [0.5, 0.6) is 5.75 Å². The van der Waals surface area contributed by atoms with E-state index in [4.69, 9.17) is 11.1 Å². The maximum atomic E-state index is 9.37. The second-order valence-electron chi connectivity index (χ2n) is 3.38. The molecule has 1 heterocycles. The standard InChI is InChI=1S/C12H11N3O/c13-11-2-1-9(16)7-10(11)12(14)8-3-5-15-6-4-8/h1-7,14,16H,13H2. The predicted octanol–water partition coefficient (Wildman–Crippen LogP) is 1.79. The molecular formula is C12H11N3O. The van der Waals surface area contributed by atoms with Gasteiger partial charge in [-0.05, 0) is 30.3 Å². The molecule has 16 heavy (non-hydrogen) atoms. The topological polar surface area (TPSA) is 83.0 Å². The van der Waals surface area contributed by atoms with Gasteiger partial charge in [0.1, 0.15) is 5.75 Å². The van der Waals surface area contributed by atoms with Crippen molar-refractivity contribution < 1.29 is 5.11 Å². The van der Waals surface area contributed by atoms with E-state index in [1.807, 2.05) is 0 Å². The molecule has 2 aromatic rings. The van der Waals surface area contributed by atoms with Crippen LogP contribution >= 0.6 is 0 Å². The number of nitrogen functional groups attached to an aromatic ring is 1. The van der Waals surface area contributed by atoms with E-state index in [-0.39, 0.29) is 11.5 Å². The van der Waals surface area contributed by atoms with E-state index < -0.39 is 0 Å². The summed E-state index contributed by atoms with van der Waals surface area (Å²) in [6.07, 6.45) is 3.23. The molecule has 0 fully saturated rings. The van der Waals surface area contributed by atoms with Gasteiger partial charge in [0, 0.05) is 29.2 Å². The molecule has 0 aliphatic carbocycles. The van der Waals surface area contributed by atoms with Gasteiger partial charge in [0.05, 0.1) is 5.71 Å². The van der Waals surface area contributed by atoms with Gasteiger partial charge < -0.3 is 10.8 Å². The highest BCUT2D eigenvalue weighted by Gasteiger charge is 2.08. The molecule has 80 valence electrons. The number of nitrogens with one attached hydrogen (secondary N) is 1. The molecule has 2 rings (SSSR count). The first-order valence-electron chi connectivity index (χ1n) is 4.76. The fourth-order valence-corrected chi connectivity index (χ4v) is 1.43. The predicted molar refractivity (Wildman–Crippen MR) is 62.7 cm³/mol. The lowest BCUT2D eigenvalue weighted by atomic mass is 10.0. The normalized spacial score (nSPS) is 10.0. The number of hydrogen-bond donors (Lipinski definition) is 3. The first-order valence-corrected chi connectivity index (χ1v) is 4.76. The zero-order valence-corrected chi connectivity index (χ0v) is 8.51. The van der Waals surface area contributed by atoms with Gasteiger partial charge in [0.25, 0.3) is 0 Å². The molecule has 0 unspecified atom stereocenters. The number of nitrogens with two attached hydrogens (primary N) is 1. The lowest BCUT2D eigenvalue weighted by molar-refractivity contribution is 0.475. The maximum Gasteiger partial charge on any atom is 0.116 e. The van der Waals surface area contributed by atoms with Gasteiger partial charge in [0.2, 0.25) is 0 Å². The van der Waals surface area contributed by atoms with E-state index in [2.05, 4.69) is 4.98 Å². The molecule has 0 atom stereocenters. The molecule has 4 heteroatoms. The summed E-state index contributed by atoms with van der Waals surface area (Å²) in [5.41, 5.74) is 7.74. The SMILES string of the molecule is N=C(c1ccncc1)c1cc(O)ccc1N. The Morgan fingerprint density at radius 1 is 1.19 bits per heavy atom. The van der Waals surface area contributed by atoms with Crippen LogP contribution in [0, 0.1) is 5.41 Å². The van der Waals surface area contributed by atoms with Crippen molar-refractivity contribution in [1.82, 2.24) is 4.98 Å². The third-order valence-electron chi connectivity index (χ3n) is 2.28. The van der Waals surface area contributed by atoms with Gasteiger partial charge in [-0.15, -0.1) is 0 Å². The second kappa shape index (κ2) is 4.02. The zero-order chi connectivity index (χ0) is 11.5. The molecule has 4 N–H and O–H groups in total. The van der Waals surface area contributed by atoms with E-state index in [1.165, 1.54) is 12.1 Å². The van der Waals surface area contributed by atoms with Crippen molar-refractivity contribution in [2.45, 2.75) is 0 Å². The molecule has 0 spiro atoms. The number of aromatic hydroxyl groups is 1. The van der Waals surface area contributed by atoms with E-state index in [9.17, 15) is 5.11 Å². The Bertz CT molecular complexity index is 523. The van der Waals surface area contributed by atoms with Gasteiger partial charge in [0.15, 0.2) is 0 Å². The molecule has 0 saturated carbocycles. The highest BCUT2D eigenvalue weighted by Crippen LogP contribution is 2.21. The molecule has 0 radical (unpaired) electrons. The number of anilines is 1. The van der Waals surface area contributed by atoms with Crippen LogP contribution in [-0.2, 0) is 0 Å². The average molecular weight is 213 g/mol. The number of phenolic OH excluding ortho intramolecular Hbond substituents is 1. The van der Waals surface area contributed by atoms with Gasteiger partial charge in [-0.3, -0.25) is 10.4 Å². The Kier molecular flexibility index (Phi) is 2.55. The lowest BCUT2D eigenvalue weighted by Gasteiger charge is -2.07. The smallest absolute Gasteiger partial charge is 0.116 e. The van der Waals surface area contributed by atoms with Gasteiger partial charge >= 0.3 is 0 Å². The maximum absolute atomic E-state index is 9.37. The van der Waals surface area contributed by atoms with Crippen molar-refractivity contribution in [3.63, 3.8) is 0 Å². The van der Waals surface area contributed by atoms with Crippen LogP contribution in [0.4, 0.5) is 5.69 Å². The van der Waals surface area contributed by atoms with Crippen LogP contribution in [0.1, 0.15) is 11.1 Å². The number of hydrogen-bond acceptors (Lipinski definition) is 4. The molecule has 4 nitrogen and oxygen atoms in total. The summed E-state index contributed by atoms with van der Waals surface area (Å²) in [6.45, 7) is 0. The van der Waals surface area contributed by atoms with Crippen LogP contribution < -0.4 is 5.73 Å². The van der Waals surface area contributed by atoms with Crippen molar-refractivity contribution in [3.8, 4) is 5.75 Å². The Morgan fingerprint density at radius 2 is 1.88 bits per heavy atom. The monoisotopic (exact) mass is 213 g/mol. The molecule has 0 saturated heterocycles. The van der Waals surface area contributed by atoms with Gasteiger partial charge in [-0.25, -0.2) is 0 Å². The minimum atomic E-state index is 0.100. The largest absolute Gasteiger partial charge is 0.508 e. The number of rotatable bonds is 2. The molecule has 0 bridgehead atoms. The van der Waals surface area contributed by atoms with E-state index in [0.29, 0.717) is 16.8 Å². The number of pyridine rings is 1. The van der Waals surface area contributed by atoms with Crippen molar-refractivity contribution >= 4 is 11.4 Å². The summed E-state index contributed by atoms with van der Waals surface area (Å²) in [7, 11) is 0. The molecule has 1 aromatic heterocycles. The Hall–Kier alpha value is -2.36. The molecular weight excluding hydrogens is 202 g/mol. The first-order chi connectivity index (χ1) is 7.68. The van der Waals surface area contributed by atoms with Gasteiger partial charge in [-0.2, -0.15) is 0 Å². The molecule has 0 aliphatic rings. The highest BCUT2D eigenvalue weighted by molar-refractivity contribution is 6.13. The minimum absolute atomic E-state index is 0.100. The summed E-state index contributed by atoms with van der Waals surface area (Å²) >= 11 is 0. The molecule has 1 aromatic carbocycles. The summed E-state index contributed by atoms with van der Waals surface area (Å²) in [5.74, 6) is 0.100. The van der Waals surface area contributed by atoms with Crippen LogP contribution in [0.3, 0.4) is 0 Å². The molecule has 0 amide bonds. The van der Waals surface area contributed by atoms with E-state index in [1.54, 1.807) is 30.6 Å². The summed E-state index contributed by atoms with van der Waals surface area (Å²) < 4.78 is 0. The number of nitrogens with zero attached hydrogens (tertiary/aromatic N) is 1. The fraction of sp³-hybridized carbons (Fsp3) is 0. The number of benzene rings is 1. The fourth-order valence-electron chi connectivity index (χ4n) is 1.43. The first kappa shape index (κ1) is 10.2. The quantitative estimate of drug-likeness (QED) is 0.404. The lowest BCUT2D eigenvalue weighted by Crippen LogP contribution is -2.05. The second-order valence-corrected chi connectivity index (χ2v) is 3.38. The van der Waals surface area contributed by atoms with Crippen molar-refractivity contribution in [2.24, 2.45) is 0 Å². The van der Waals surface area contributed by atoms with Crippen LogP contribution in [-0.4, -0.2) is 15.8 Å². The van der Waals surface area contributed by atoms with Crippen LogP contribution in [0.2, 0.25) is 0 Å². The van der Waals surface area contributed by atoms with Crippen molar-refractivity contribution in [1.29, 1.82) is 5.41 Å². The average Bonchev–Trinajstić information content (AvgIpc) is 2.32. The van der Waals surface area contributed by atoms with Crippen LogP contribution in [0.25, 0.3) is 0 Å². The Balaban J connectivity index is 2.46. The number of phenols is 1. The zero-order valence-electron chi connectivity index (χ0n) is 8.51. The molecule has 0 aliphatic heterocycles. The Morgan fingerprint density at radius 3 is 2.56 bits per heavy atom. The van der Waals surface area contributed by atoms with E-state index in [0.717, 1.165) is 0 Å². The highest BCUT2D eigenvalue weighted by atomic mass is 16.3. The summed E-state index contributed by atoms with van der Waals surface area (Å²) in [6, 6.07) is 8.02. The number of aromatic nitrogens is 1. The van der Waals surface area contributed by atoms with Gasteiger partial charge in [-0.1, -0.05) is 0 Å². The van der Waals surface area contributed by atoms with E-state index >= 15 is 0 Å². The minimum Gasteiger partial charge on any atom is -0.508 e. The third kappa shape index (κ3) is 1.86. The van der Waals surface area contributed by atoms with Crippen molar-refractivity contribution in [3.05, 3.63) is 53.9 Å². The Labute approximate surface area is 92.9 Å².